The molecule has 0 saturated carbocycles. The number of nitrogens with zero attached hydrogens (tertiary/aromatic N) is 3. The van der Waals surface area contributed by atoms with Crippen LogP contribution >= 0.6 is 15.9 Å². The van der Waals surface area contributed by atoms with E-state index in [1.165, 1.54) is 0 Å². The number of hydrogen-bond acceptors (Lipinski definition) is 4. The van der Waals surface area contributed by atoms with Crippen molar-refractivity contribution in [3.8, 4) is 0 Å². The first-order chi connectivity index (χ1) is 8.65. The van der Waals surface area contributed by atoms with Crippen molar-refractivity contribution in [2.75, 3.05) is 24.3 Å². The summed E-state index contributed by atoms with van der Waals surface area (Å²) in [6.07, 6.45) is 1.77. The summed E-state index contributed by atoms with van der Waals surface area (Å²) >= 11 is 3.36. The molecular formula is C13H15BrN4. The second-order valence-corrected chi connectivity index (χ2v) is 5.01. The minimum atomic E-state index is 0.663. The summed E-state index contributed by atoms with van der Waals surface area (Å²) in [6, 6.07) is 9.88. The lowest BCUT2D eigenvalue weighted by molar-refractivity contribution is 0.987. The molecule has 0 aliphatic carbocycles. The fraction of sp³-hybridized carbons (Fsp3) is 0.231. The van der Waals surface area contributed by atoms with E-state index < -0.39 is 0 Å². The van der Waals surface area contributed by atoms with E-state index in [9.17, 15) is 0 Å². The maximum Gasteiger partial charge on any atom is 0.128 e. The molecule has 0 aliphatic rings. The van der Waals surface area contributed by atoms with Gasteiger partial charge in [0.2, 0.25) is 0 Å². The van der Waals surface area contributed by atoms with Crippen molar-refractivity contribution in [3.05, 3.63) is 46.7 Å². The summed E-state index contributed by atoms with van der Waals surface area (Å²) in [4.78, 5) is 10.8. The van der Waals surface area contributed by atoms with E-state index >= 15 is 0 Å². The first-order valence-electron chi connectivity index (χ1n) is 5.64. The van der Waals surface area contributed by atoms with Crippen LogP contribution in [-0.2, 0) is 6.54 Å². The quantitative estimate of drug-likeness (QED) is 0.943. The van der Waals surface area contributed by atoms with Gasteiger partial charge in [0.05, 0.1) is 12.2 Å². The molecule has 2 aromatic heterocycles. The van der Waals surface area contributed by atoms with E-state index in [1.807, 2.05) is 49.3 Å². The molecule has 2 aromatic rings. The van der Waals surface area contributed by atoms with Gasteiger partial charge < -0.3 is 10.2 Å². The molecule has 0 unspecified atom stereocenters. The molecule has 94 valence electrons. The first-order valence-corrected chi connectivity index (χ1v) is 6.43. The summed E-state index contributed by atoms with van der Waals surface area (Å²) in [5.41, 5.74) is 0.992. The Hall–Kier alpha value is -1.62. The van der Waals surface area contributed by atoms with Crippen molar-refractivity contribution in [2.45, 2.75) is 6.54 Å². The van der Waals surface area contributed by atoms with Gasteiger partial charge in [0, 0.05) is 24.8 Å². The van der Waals surface area contributed by atoms with Gasteiger partial charge in [-0.05, 0) is 40.2 Å². The van der Waals surface area contributed by atoms with E-state index in [2.05, 4.69) is 31.2 Å². The third kappa shape index (κ3) is 3.43. The van der Waals surface area contributed by atoms with Crippen molar-refractivity contribution < 1.29 is 0 Å². The third-order valence-corrected chi connectivity index (χ3v) is 2.90. The molecule has 0 aromatic carbocycles. The molecule has 4 nitrogen and oxygen atoms in total. The summed E-state index contributed by atoms with van der Waals surface area (Å²) < 4.78 is 0.973. The Morgan fingerprint density at radius 1 is 1.22 bits per heavy atom. The smallest absolute Gasteiger partial charge is 0.128 e. The normalized spacial score (nSPS) is 10.2. The minimum Gasteiger partial charge on any atom is -0.364 e. The highest BCUT2D eigenvalue weighted by Crippen LogP contribution is 2.12. The van der Waals surface area contributed by atoms with Gasteiger partial charge in [-0.2, -0.15) is 0 Å². The van der Waals surface area contributed by atoms with Crippen molar-refractivity contribution >= 4 is 27.6 Å². The summed E-state index contributed by atoms with van der Waals surface area (Å²) in [6.45, 7) is 0.663. The summed E-state index contributed by atoms with van der Waals surface area (Å²) in [7, 11) is 3.96. The highest BCUT2D eigenvalue weighted by atomic mass is 79.9. The van der Waals surface area contributed by atoms with Crippen molar-refractivity contribution in [1.82, 2.24) is 9.97 Å². The zero-order chi connectivity index (χ0) is 13.0. The highest BCUT2D eigenvalue weighted by molar-refractivity contribution is 9.10. The van der Waals surface area contributed by atoms with Gasteiger partial charge in [-0.1, -0.05) is 6.07 Å². The first kappa shape index (κ1) is 12.8. The minimum absolute atomic E-state index is 0.663. The third-order valence-electron chi connectivity index (χ3n) is 2.43. The Kier molecular flexibility index (Phi) is 4.15. The van der Waals surface area contributed by atoms with Gasteiger partial charge in [-0.15, -0.1) is 0 Å². The molecule has 2 heterocycles. The Balaban J connectivity index is 2.01. The van der Waals surface area contributed by atoms with E-state index in [4.69, 9.17) is 0 Å². The average molecular weight is 307 g/mol. The molecule has 0 amide bonds. The number of halogens is 1. The predicted octanol–water partition coefficient (Wildman–Crippen LogP) is 2.92. The summed E-state index contributed by atoms with van der Waals surface area (Å²) in [5.74, 6) is 1.80. The molecule has 18 heavy (non-hydrogen) atoms. The Labute approximate surface area is 115 Å². The lowest BCUT2D eigenvalue weighted by Gasteiger charge is -2.12. The van der Waals surface area contributed by atoms with Crippen LogP contribution in [-0.4, -0.2) is 24.1 Å². The van der Waals surface area contributed by atoms with Crippen molar-refractivity contribution in [2.24, 2.45) is 0 Å². The van der Waals surface area contributed by atoms with Gasteiger partial charge in [-0.25, -0.2) is 9.97 Å². The number of hydrogen-bond donors (Lipinski definition) is 1. The van der Waals surface area contributed by atoms with Crippen molar-refractivity contribution in [1.29, 1.82) is 0 Å². The lowest BCUT2D eigenvalue weighted by Crippen LogP contribution is -2.12. The molecule has 0 aliphatic heterocycles. The fourth-order valence-electron chi connectivity index (χ4n) is 1.48. The van der Waals surface area contributed by atoms with E-state index in [0.717, 1.165) is 21.8 Å². The predicted molar refractivity (Wildman–Crippen MR) is 77.8 cm³/mol. The van der Waals surface area contributed by atoms with Crippen molar-refractivity contribution in [3.63, 3.8) is 0 Å². The van der Waals surface area contributed by atoms with Crippen LogP contribution in [0.5, 0.6) is 0 Å². The van der Waals surface area contributed by atoms with Crippen LogP contribution in [0.2, 0.25) is 0 Å². The zero-order valence-electron chi connectivity index (χ0n) is 10.4. The molecule has 0 bridgehead atoms. The summed E-state index contributed by atoms with van der Waals surface area (Å²) in [5, 5.41) is 3.24. The van der Waals surface area contributed by atoms with E-state index in [0.29, 0.717) is 6.54 Å². The van der Waals surface area contributed by atoms with Gasteiger partial charge in [0.25, 0.3) is 0 Å². The van der Waals surface area contributed by atoms with Crippen LogP contribution in [0.3, 0.4) is 0 Å². The van der Waals surface area contributed by atoms with E-state index in [-0.39, 0.29) is 0 Å². The Morgan fingerprint density at radius 2 is 2.06 bits per heavy atom. The maximum atomic E-state index is 4.53. The maximum absolute atomic E-state index is 4.53. The molecule has 1 N–H and O–H groups in total. The molecule has 0 fully saturated rings. The number of pyridine rings is 2. The molecule has 0 radical (unpaired) electrons. The van der Waals surface area contributed by atoms with E-state index in [1.54, 1.807) is 6.20 Å². The van der Waals surface area contributed by atoms with Crippen LogP contribution in [0, 0.1) is 0 Å². The van der Waals surface area contributed by atoms with Gasteiger partial charge in [-0.3, -0.25) is 0 Å². The van der Waals surface area contributed by atoms with Crippen LogP contribution in [0.25, 0.3) is 0 Å². The lowest BCUT2D eigenvalue weighted by atomic mass is 10.3. The topological polar surface area (TPSA) is 41.0 Å². The van der Waals surface area contributed by atoms with Gasteiger partial charge in [0.1, 0.15) is 11.6 Å². The second-order valence-electron chi connectivity index (χ2n) is 4.10. The van der Waals surface area contributed by atoms with Crippen LogP contribution < -0.4 is 10.2 Å². The Morgan fingerprint density at radius 3 is 2.72 bits per heavy atom. The fourth-order valence-corrected chi connectivity index (χ4v) is 1.71. The standard InChI is InChI=1S/C13H15BrN4/c1-18(2)13-5-3-4-11(17-13)9-16-12-7-6-10(14)8-15-12/h3-8H,9H2,1-2H3,(H,15,16). The van der Waals surface area contributed by atoms with Gasteiger partial charge >= 0.3 is 0 Å². The zero-order valence-corrected chi connectivity index (χ0v) is 12.0. The highest BCUT2D eigenvalue weighted by Gasteiger charge is 2.00. The average Bonchev–Trinajstić information content (AvgIpc) is 2.38. The number of nitrogens with one attached hydrogen (secondary N) is 1. The largest absolute Gasteiger partial charge is 0.364 e. The molecule has 0 saturated heterocycles. The molecule has 0 spiro atoms. The number of rotatable bonds is 4. The Bertz CT molecular complexity index is 511. The molecular weight excluding hydrogens is 292 g/mol. The SMILES string of the molecule is CN(C)c1cccc(CNc2ccc(Br)cn2)n1. The second kappa shape index (κ2) is 5.82. The van der Waals surface area contributed by atoms with Crippen LogP contribution in [0.15, 0.2) is 41.0 Å². The van der Waals surface area contributed by atoms with Gasteiger partial charge in [0.15, 0.2) is 0 Å². The van der Waals surface area contributed by atoms with Crippen LogP contribution in [0.4, 0.5) is 11.6 Å². The van der Waals surface area contributed by atoms with Crippen LogP contribution in [0.1, 0.15) is 5.69 Å². The molecule has 2 rings (SSSR count). The number of anilines is 2. The molecule has 0 atom stereocenters. The monoisotopic (exact) mass is 306 g/mol. The molecule has 5 heteroatoms. The number of aromatic nitrogens is 2.